The van der Waals surface area contributed by atoms with Crippen LogP contribution in [0.5, 0.6) is 5.75 Å². The van der Waals surface area contributed by atoms with E-state index in [0.717, 1.165) is 43.6 Å². The molecule has 184 valence electrons. The number of carbonyl (C=O) groups excluding carboxylic acids is 1. The second-order valence-corrected chi connectivity index (χ2v) is 8.66. The molecule has 0 atom stereocenters. The highest BCUT2D eigenvalue weighted by Crippen LogP contribution is 2.21. The molecule has 0 bridgehead atoms. The second-order valence-electron chi connectivity index (χ2n) is 8.66. The Morgan fingerprint density at radius 1 is 0.818 bits per heavy atom. The van der Waals surface area contributed by atoms with E-state index in [1.165, 1.54) is 44.1 Å². The highest BCUT2D eigenvalue weighted by molar-refractivity contribution is 5.85. The molecule has 1 amide bonds. The molecule has 2 rings (SSSR count). The standard InChI is InChI=1S/C28H42N2O2.ClH/c1-30(28(31)21-11-7-14-22-29)24-26-19-12-13-20-27(26)32-23-15-5-3-2-4-8-16-25-17-9-6-10-18-25;/h6,9-10,12-13,17-20H,2-5,7-8,11,14-16,21-24,29H2,1H3;1H. The van der Waals surface area contributed by atoms with Gasteiger partial charge < -0.3 is 15.4 Å². The number of rotatable bonds is 17. The van der Waals surface area contributed by atoms with Gasteiger partial charge in [0.25, 0.3) is 0 Å². The van der Waals surface area contributed by atoms with Crippen molar-refractivity contribution in [1.29, 1.82) is 0 Å². The summed E-state index contributed by atoms with van der Waals surface area (Å²) in [4.78, 5) is 14.2. The monoisotopic (exact) mass is 474 g/mol. The van der Waals surface area contributed by atoms with Crippen molar-refractivity contribution in [2.45, 2.75) is 77.2 Å². The van der Waals surface area contributed by atoms with Crippen molar-refractivity contribution >= 4 is 18.3 Å². The minimum Gasteiger partial charge on any atom is -0.493 e. The molecular formula is C28H43ClN2O2. The highest BCUT2D eigenvalue weighted by atomic mass is 35.5. The van der Waals surface area contributed by atoms with Crippen LogP contribution in [0, 0.1) is 0 Å². The van der Waals surface area contributed by atoms with Crippen molar-refractivity contribution in [2.75, 3.05) is 20.2 Å². The first-order valence-electron chi connectivity index (χ1n) is 12.4. The molecule has 0 saturated carbocycles. The Bertz CT molecular complexity index is 755. The predicted molar refractivity (Wildman–Crippen MR) is 141 cm³/mol. The number of hydrogen-bond donors (Lipinski definition) is 1. The SMILES string of the molecule is CN(Cc1ccccc1OCCCCCCCCc1ccccc1)C(=O)CCCCCN.Cl. The highest BCUT2D eigenvalue weighted by Gasteiger charge is 2.12. The lowest BCUT2D eigenvalue weighted by Gasteiger charge is -2.19. The van der Waals surface area contributed by atoms with Gasteiger partial charge in [-0.1, -0.05) is 80.6 Å². The third-order valence-electron chi connectivity index (χ3n) is 5.86. The first kappa shape index (κ1) is 29.0. The van der Waals surface area contributed by atoms with Gasteiger partial charge in [-0.15, -0.1) is 12.4 Å². The van der Waals surface area contributed by atoms with E-state index in [1.807, 2.05) is 25.2 Å². The molecule has 2 aromatic carbocycles. The van der Waals surface area contributed by atoms with Crippen LogP contribution in [-0.2, 0) is 17.8 Å². The summed E-state index contributed by atoms with van der Waals surface area (Å²) in [6.07, 6.45) is 12.1. The number of unbranched alkanes of at least 4 members (excludes halogenated alkanes) is 7. The number of hydrogen-bond acceptors (Lipinski definition) is 3. The zero-order chi connectivity index (χ0) is 22.9. The number of carbonyl (C=O) groups is 1. The predicted octanol–water partition coefficient (Wildman–Crippen LogP) is 6.55. The number of nitrogens with two attached hydrogens (primary N) is 1. The van der Waals surface area contributed by atoms with Crippen LogP contribution in [0.3, 0.4) is 0 Å². The fourth-order valence-corrected chi connectivity index (χ4v) is 3.87. The molecule has 4 nitrogen and oxygen atoms in total. The second kappa shape index (κ2) is 18.4. The Balaban J connectivity index is 0.00000544. The number of halogens is 1. The summed E-state index contributed by atoms with van der Waals surface area (Å²) in [6, 6.07) is 18.8. The van der Waals surface area contributed by atoms with Crippen LogP contribution in [0.1, 0.15) is 75.3 Å². The molecule has 0 fully saturated rings. The summed E-state index contributed by atoms with van der Waals surface area (Å²) in [7, 11) is 1.87. The molecule has 33 heavy (non-hydrogen) atoms. The van der Waals surface area contributed by atoms with E-state index in [1.54, 1.807) is 4.90 Å². The third kappa shape index (κ3) is 12.7. The average molecular weight is 475 g/mol. The minimum absolute atomic E-state index is 0. The fourth-order valence-electron chi connectivity index (χ4n) is 3.87. The molecule has 0 aromatic heterocycles. The van der Waals surface area contributed by atoms with Gasteiger partial charge >= 0.3 is 0 Å². The molecule has 0 unspecified atom stereocenters. The molecule has 0 heterocycles. The molecule has 0 spiro atoms. The van der Waals surface area contributed by atoms with Gasteiger partial charge in [0.1, 0.15) is 5.75 Å². The quantitative estimate of drug-likeness (QED) is 0.264. The van der Waals surface area contributed by atoms with E-state index in [9.17, 15) is 4.79 Å². The largest absolute Gasteiger partial charge is 0.493 e. The van der Waals surface area contributed by atoms with Gasteiger partial charge in [0.05, 0.1) is 6.61 Å². The van der Waals surface area contributed by atoms with Crippen LogP contribution in [0.25, 0.3) is 0 Å². The summed E-state index contributed by atoms with van der Waals surface area (Å²) in [6.45, 7) is 2.02. The van der Waals surface area contributed by atoms with E-state index >= 15 is 0 Å². The van der Waals surface area contributed by atoms with Gasteiger partial charge in [-0.2, -0.15) is 0 Å². The number of benzene rings is 2. The Labute approximate surface area is 207 Å². The Hall–Kier alpha value is -2.04. The van der Waals surface area contributed by atoms with Gasteiger partial charge in [0.2, 0.25) is 5.91 Å². The maximum Gasteiger partial charge on any atom is 0.222 e. The van der Waals surface area contributed by atoms with E-state index in [-0.39, 0.29) is 18.3 Å². The maximum atomic E-state index is 12.4. The van der Waals surface area contributed by atoms with Crippen molar-refractivity contribution in [2.24, 2.45) is 5.73 Å². The molecule has 0 aliphatic rings. The van der Waals surface area contributed by atoms with Gasteiger partial charge in [0, 0.05) is 25.6 Å². The molecule has 0 aliphatic heterocycles. The van der Waals surface area contributed by atoms with Gasteiger partial charge in [-0.25, -0.2) is 0 Å². The number of ether oxygens (including phenoxy) is 1. The number of nitrogens with zero attached hydrogens (tertiary/aromatic N) is 1. The molecule has 0 radical (unpaired) electrons. The molecule has 5 heteroatoms. The van der Waals surface area contributed by atoms with E-state index < -0.39 is 0 Å². The molecule has 0 aliphatic carbocycles. The zero-order valence-corrected chi connectivity index (χ0v) is 21.2. The van der Waals surface area contributed by atoms with Crippen molar-refractivity contribution in [1.82, 2.24) is 4.90 Å². The smallest absolute Gasteiger partial charge is 0.222 e. The van der Waals surface area contributed by atoms with Gasteiger partial charge in [0.15, 0.2) is 0 Å². The summed E-state index contributed by atoms with van der Waals surface area (Å²) in [5.41, 5.74) is 8.04. The van der Waals surface area contributed by atoms with Crippen LogP contribution in [0.4, 0.5) is 0 Å². The lowest BCUT2D eigenvalue weighted by molar-refractivity contribution is -0.130. The van der Waals surface area contributed by atoms with Gasteiger partial charge in [-0.05, 0) is 50.3 Å². The molecular weight excluding hydrogens is 432 g/mol. The van der Waals surface area contributed by atoms with Crippen molar-refractivity contribution in [3.8, 4) is 5.75 Å². The van der Waals surface area contributed by atoms with Crippen LogP contribution < -0.4 is 10.5 Å². The Kier molecular flexibility index (Phi) is 16.2. The zero-order valence-electron chi connectivity index (χ0n) is 20.3. The Morgan fingerprint density at radius 3 is 2.21 bits per heavy atom. The first-order chi connectivity index (χ1) is 15.7. The number of para-hydroxylation sites is 1. The van der Waals surface area contributed by atoms with E-state index in [4.69, 9.17) is 10.5 Å². The van der Waals surface area contributed by atoms with Crippen LogP contribution in [-0.4, -0.2) is 31.0 Å². The summed E-state index contributed by atoms with van der Waals surface area (Å²) < 4.78 is 6.06. The van der Waals surface area contributed by atoms with Gasteiger partial charge in [-0.3, -0.25) is 4.79 Å². The van der Waals surface area contributed by atoms with E-state index in [2.05, 4.69) is 36.4 Å². The maximum absolute atomic E-state index is 12.4. The number of amides is 1. The lowest BCUT2D eigenvalue weighted by atomic mass is 10.1. The van der Waals surface area contributed by atoms with Crippen LogP contribution >= 0.6 is 12.4 Å². The minimum atomic E-state index is 0. The summed E-state index contributed by atoms with van der Waals surface area (Å²) >= 11 is 0. The number of aryl methyl sites for hydroxylation is 1. The van der Waals surface area contributed by atoms with Crippen molar-refractivity contribution in [3.05, 3.63) is 65.7 Å². The summed E-state index contributed by atoms with van der Waals surface area (Å²) in [5, 5.41) is 0. The van der Waals surface area contributed by atoms with Crippen molar-refractivity contribution < 1.29 is 9.53 Å². The lowest BCUT2D eigenvalue weighted by Crippen LogP contribution is -2.26. The Morgan fingerprint density at radius 2 is 1.45 bits per heavy atom. The average Bonchev–Trinajstić information content (AvgIpc) is 2.82. The molecule has 0 saturated heterocycles. The van der Waals surface area contributed by atoms with E-state index in [0.29, 0.717) is 19.5 Å². The fraction of sp³-hybridized carbons (Fsp3) is 0.536. The third-order valence-corrected chi connectivity index (χ3v) is 5.86. The van der Waals surface area contributed by atoms with Crippen LogP contribution in [0.2, 0.25) is 0 Å². The normalized spacial score (nSPS) is 10.5. The molecule has 2 N–H and O–H groups in total. The first-order valence-corrected chi connectivity index (χ1v) is 12.4. The molecule has 2 aromatic rings. The van der Waals surface area contributed by atoms with Crippen LogP contribution in [0.15, 0.2) is 54.6 Å². The summed E-state index contributed by atoms with van der Waals surface area (Å²) in [5.74, 6) is 1.09. The topological polar surface area (TPSA) is 55.6 Å². The van der Waals surface area contributed by atoms with Crippen molar-refractivity contribution in [3.63, 3.8) is 0 Å².